The molecule has 1 atom stereocenters. The number of imide groups is 1. The van der Waals surface area contributed by atoms with Crippen LogP contribution in [-0.2, 0) is 14.4 Å². The third-order valence-electron chi connectivity index (χ3n) is 3.06. The van der Waals surface area contributed by atoms with Crippen molar-refractivity contribution in [2.75, 3.05) is 13.1 Å². The molecule has 6 nitrogen and oxygen atoms in total. The Labute approximate surface area is 119 Å². The van der Waals surface area contributed by atoms with Crippen LogP contribution in [0.1, 0.15) is 39.5 Å². The Morgan fingerprint density at radius 2 is 1.89 bits per heavy atom. The maximum atomic E-state index is 11.8. The summed E-state index contributed by atoms with van der Waals surface area (Å²) in [5.74, 6) is -0.583. The summed E-state index contributed by atoms with van der Waals surface area (Å²) in [5, 5.41) is 2.67. The average Bonchev–Trinajstić information content (AvgIpc) is 2.60. The van der Waals surface area contributed by atoms with Crippen molar-refractivity contribution < 1.29 is 14.4 Å². The first kappa shape index (κ1) is 17.9. The highest BCUT2D eigenvalue weighted by atomic mass is 35.5. The number of rotatable bonds is 6. The lowest BCUT2D eigenvalue weighted by Crippen LogP contribution is -2.52. The molecule has 1 rings (SSSR count). The molecule has 0 spiro atoms. The van der Waals surface area contributed by atoms with Crippen LogP contribution in [0, 0.1) is 0 Å². The Morgan fingerprint density at radius 1 is 1.37 bits per heavy atom. The molecule has 3 N–H and O–H groups in total. The Balaban J connectivity index is 0.00000324. The van der Waals surface area contributed by atoms with Gasteiger partial charge in [-0.2, -0.15) is 0 Å². The van der Waals surface area contributed by atoms with E-state index in [-0.39, 0.29) is 56.1 Å². The van der Waals surface area contributed by atoms with E-state index >= 15 is 0 Å². The molecular weight excluding hydrogens is 270 g/mol. The third kappa shape index (κ3) is 4.80. The molecule has 1 heterocycles. The summed E-state index contributed by atoms with van der Waals surface area (Å²) in [5.41, 5.74) is 4.97. The van der Waals surface area contributed by atoms with E-state index in [4.69, 9.17) is 5.73 Å². The zero-order valence-corrected chi connectivity index (χ0v) is 12.2. The van der Waals surface area contributed by atoms with Crippen LogP contribution in [0.5, 0.6) is 0 Å². The first-order chi connectivity index (χ1) is 8.38. The number of nitrogens with one attached hydrogen (secondary N) is 1. The topological polar surface area (TPSA) is 92.5 Å². The van der Waals surface area contributed by atoms with E-state index in [2.05, 4.69) is 5.32 Å². The number of halogens is 1. The number of amides is 3. The van der Waals surface area contributed by atoms with Gasteiger partial charge in [0.15, 0.2) is 0 Å². The fraction of sp³-hybridized carbons (Fsp3) is 0.750. The molecule has 110 valence electrons. The highest BCUT2D eigenvalue weighted by Crippen LogP contribution is 2.11. The smallest absolute Gasteiger partial charge is 0.239 e. The molecule has 1 saturated heterocycles. The van der Waals surface area contributed by atoms with Gasteiger partial charge in [0.1, 0.15) is 0 Å². The van der Waals surface area contributed by atoms with E-state index in [1.165, 1.54) is 4.90 Å². The first-order valence-corrected chi connectivity index (χ1v) is 6.29. The zero-order valence-electron chi connectivity index (χ0n) is 11.4. The molecule has 0 aromatic heterocycles. The van der Waals surface area contributed by atoms with Crippen LogP contribution in [0.25, 0.3) is 0 Å². The number of nitrogens with zero attached hydrogens (tertiary/aromatic N) is 1. The number of likely N-dealkylation sites (tertiary alicyclic amines) is 1. The van der Waals surface area contributed by atoms with Gasteiger partial charge in [-0.05, 0) is 13.3 Å². The van der Waals surface area contributed by atoms with Crippen molar-refractivity contribution in [2.24, 2.45) is 5.73 Å². The van der Waals surface area contributed by atoms with Crippen LogP contribution in [0.3, 0.4) is 0 Å². The molecule has 0 bridgehead atoms. The Morgan fingerprint density at radius 3 is 2.37 bits per heavy atom. The quantitative estimate of drug-likeness (QED) is 0.683. The fourth-order valence-electron chi connectivity index (χ4n) is 1.99. The lowest BCUT2D eigenvalue weighted by Gasteiger charge is -2.23. The first-order valence-electron chi connectivity index (χ1n) is 6.29. The van der Waals surface area contributed by atoms with Crippen LogP contribution in [0.15, 0.2) is 0 Å². The highest BCUT2D eigenvalue weighted by molar-refractivity contribution is 6.01. The molecule has 1 aliphatic rings. The minimum Gasteiger partial charge on any atom is -0.353 e. The Bertz CT molecular complexity index is 342. The zero-order chi connectivity index (χ0) is 13.8. The van der Waals surface area contributed by atoms with E-state index in [9.17, 15) is 14.4 Å². The number of hydrogen-bond acceptors (Lipinski definition) is 4. The summed E-state index contributed by atoms with van der Waals surface area (Å²) in [6, 6.07) is 0. The minimum atomic E-state index is -0.895. The van der Waals surface area contributed by atoms with Gasteiger partial charge in [0.25, 0.3) is 0 Å². The molecule has 1 aliphatic heterocycles. The number of carbonyl (C=O) groups is 3. The van der Waals surface area contributed by atoms with E-state index in [1.54, 1.807) is 6.92 Å². The normalized spacial score (nSPS) is 17.9. The minimum absolute atomic E-state index is 0. The number of hydrogen-bond donors (Lipinski definition) is 2. The lowest BCUT2D eigenvalue weighted by atomic mass is 9.97. The van der Waals surface area contributed by atoms with E-state index in [0.29, 0.717) is 6.42 Å². The van der Waals surface area contributed by atoms with Crippen molar-refractivity contribution in [1.82, 2.24) is 10.2 Å². The summed E-state index contributed by atoms with van der Waals surface area (Å²) < 4.78 is 0. The number of carbonyl (C=O) groups excluding carboxylic acids is 3. The fourth-order valence-corrected chi connectivity index (χ4v) is 1.99. The summed E-state index contributed by atoms with van der Waals surface area (Å²) in [6.07, 6.45) is 1.97. The van der Waals surface area contributed by atoms with E-state index in [1.807, 2.05) is 6.92 Å². The van der Waals surface area contributed by atoms with Gasteiger partial charge in [0.05, 0.1) is 5.54 Å². The van der Waals surface area contributed by atoms with Crippen molar-refractivity contribution in [1.29, 1.82) is 0 Å². The van der Waals surface area contributed by atoms with Crippen LogP contribution < -0.4 is 11.1 Å². The van der Waals surface area contributed by atoms with Crippen molar-refractivity contribution in [3.05, 3.63) is 0 Å². The monoisotopic (exact) mass is 291 g/mol. The van der Waals surface area contributed by atoms with Crippen LogP contribution in [0.2, 0.25) is 0 Å². The van der Waals surface area contributed by atoms with Gasteiger partial charge in [0.2, 0.25) is 17.7 Å². The van der Waals surface area contributed by atoms with Crippen molar-refractivity contribution in [2.45, 2.75) is 45.1 Å². The second-order valence-corrected chi connectivity index (χ2v) is 4.86. The summed E-state index contributed by atoms with van der Waals surface area (Å²) in [7, 11) is 0. The van der Waals surface area contributed by atoms with Crippen molar-refractivity contribution in [3.63, 3.8) is 0 Å². The molecule has 0 aromatic rings. The van der Waals surface area contributed by atoms with Crippen LogP contribution >= 0.6 is 12.4 Å². The maximum Gasteiger partial charge on any atom is 0.239 e. The number of nitrogens with two attached hydrogens (primary N) is 1. The summed E-state index contributed by atoms with van der Waals surface area (Å²) in [6.45, 7) is 4.12. The molecule has 3 amide bonds. The van der Waals surface area contributed by atoms with Gasteiger partial charge in [-0.15, -0.1) is 12.4 Å². The lowest BCUT2D eigenvalue weighted by molar-refractivity contribution is -0.138. The largest absolute Gasteiger partial charge is 0.353 e. The second-order valence-electron chi connectivity index (χ2n) is 4.86. The standard InChI is InChI=1S/C12H21N3O3.ClH/c1-3-6-12(2,13)11(18)14-7-8-15-9(16)4-5-10(15)17;/h3-8,13H2,1-2H3,(H,14,18);1H. The molecule has 0 aromatic carbocycles. The van der Waals surface area contributed by atoms with Crippen LogP contribution in [-0.4, -0.2) is 41.2 Å². The highest BCUT2D eigenvalue weighted by Gasteiger charge is 2.30. The predicted octanol–water partition coefficient (Wildman–Crippen LogP) is 0.191. The maximum absolute atomic E-state index is 11.8. The molecule has 0 aliphatic carbocycles. The van der Waals surface area contributed by atoms with Crippen LogP contribution in [0.4, 0.5) is 0 Å². The Hall–Kier alpha value is -1.14. The van der Waals surface area contributed by atoms with Gasteiger partial charge in [-0.1, -0.05) is 13.3 Å². The average molecular weight is 292 g/mol. The Kier molecular flexibility index (Phi) is 7.00. The second kappa shape index (κ2) is 7.45. The summed E-state index contributed by atoms with van der Waals surface area (Å²) in [4.78, 5) is 35.6. The van der Waals surface area contributed by atoms with Crippen molar-refractivity contribution >= 4 is 30.1 Å². The molecule has 19 heavy (non-hydrogen) atoms. The third-order valence-corrected chi connectivity index (χ3v) is 3.06. The van der Waals surface area contributed by atoms with E-state index < -0.39 is 5.54 Å². The van der Waals surface area contributed by atoms with Gasteiger partial charge >= 0.3 is 0 Å². The predicted molar refractivity (Wildman–Crippen MR) is 73.7 cm³/mol. The molecule has 1 fully saturated rings. The molecule has 1 unspecified atom stereocenters. The van der Waals surface area contributed by atoms with Crippen molar-refractivity contribution in [3.8, 4) is 0 Å². The molecule has 0 radical (unpaired) electrons. The SMILES string of the molecule is CCCC(C)(N)C(=O)NCCN1C(=O)CCC1=O.Cl. The molecule has 7 heteroatoms. The van der Waals surface area contributed by atoms with Gasteiger partial charge in [-0.25, -0.2) is 0 Å². The summed E-state index contributed by atoms with van der Waals surface area (Å²) >= 11 is 0. The van der Waals surface area contributed by atoms with Gasteiger partial charge in [0, 0.05) is 25.9 Å². The van der Waals surface area contributed by atoms with E-state index in [0.717, 1.165) is 6.42 Å². The van der Waals surface area contributed by atoms with Gasteiger partial charge < -0.3 is 11.1 Å². The van der Waals surface area contributed by atoms with Gasteiger partial charge in [-0.3, -0.25) is 19.3 Å². The molecule has 0 saturated carbocycles. The molecular formula is C12H22ClN3O3.